The van der Waals surface area contributed by atoms with Gasteiger partial charge in [-0.1, -0.05) is 26.0 Å². The first-order valence-electron chi connectivity index (χ1n) is 12.2. The molecule has 1 aliphatic heterocycles. The Bertz CT molecular complexity index is 1480. The van der Waals surface area contributed by atoms with E-state index in [4.69, 9.17) is 0 Å². The zero-order valence-corrected chi connectivity index (χ0v) is 22.3. The van der Waals surface area contributed by atoms with Gasteiger partial charge in [-0.15, -0.1) is 0 Å². The third kappa shape index (κ3) is 5.44. The van der Waals surface area contributed by atoms with Crippen LogP contribution in [0.15, 0.2) is 46.1 Å². The SMILES string of the molecule is CC(C)c1ccc(S(=O)(=O)N2CCN(C(=O)CCC(=O)Nc3ccc4c(n3)n(C)c(=O)n4C)CC2)cc1. The Hall–Kier alpha value is -3.51. The summed E-state index contributed by atoms with van der Waals surface area (Å²) in [5.41, 5.74) is 1.95. The fourth-order valence-corrected chi connectivity index (χ4v) is 5.80. The predicted octanol–water partition coefficient (Wildman–Crippen LogP) is 1.65. The van der Waals surface area contributed by atoms with Crippen molar-refractivity contribution in [1.82, 2.24) is 23.3 Å². The third-order valence-electron chi connectivity index (χ3n) is 6.72. The van der Waals surface area contributed by atoms with E-state index in [-0.39, 0.29) is 61.4 Å². The molecule has 1 saturated heterocycles. The molecule has 3 aromatic rings. The van der Waals surface area contributed by atoms with Crippen LogP contribution in [-0.4, -0.2) is 69.7 Å². The van der Waals surface area contributed by atoms with Gasteiger partial charge in [-0.3, -0.25) is 18.7 Å². The van der Waals surface area contributed by atoms with Gasteiger partial charge in [0.15, 0.2) is 5.65 Å². The number of piperazine rings is 1. The number of carbonyl (C=O) groups excluding carboxylic acids is 2. The van der Waals surface area contributed by atoms with Crippen molar-refractivity contribution >= 4 is 38.8 Å². The van der Waals surface area contributed by atoms with E-state index < -0.39 is 10.0 Å². The van der Waals surface area contributed by atoms with Crippen LogP contribution in [0.1, 0.15) is 38.2 Å². The van der Waals surface area contributed by atoms with Crippen molar-refractivity contribution in [2.45, 2.75) is 37.5 Å². The van der Waals surface area contributed by atoms with Crippen molar-refractivity contribution in [3.8, 4) is 0 Å². The maximum atomic E-state index is 13.0. The molecule has 0 spiro atoms. The molecule has 1 fully saturated rings. The monoisotopic (exact) mass is 528 g/mol. The first kappa shape index (κ1) is 26.6. The summed E-state index contributed by atoms with van der Waals surface area (Å²) < 4.78 is 30.3. The number of amides is 2. The summed E-state index contributed by atoms with van der Waals surface area (Å²) in [6.07, 6.45) is -0.0334. The number of nitrogens with one attached hydrogen (secondary N) is 1. The van der Waals surface area contributed by atoms with Gasteiger partial charge >= 0.3 is 5.69 Å². The largest absolute Gasteiger partial charge is 0.340 e. The number of benzene rings is 1. The highest BCUT2D eigenvalue weighted by molar-refractivity contribution is 7.89. The second-order valence-corrected chi connectivity index (χ2v) is 11.4. The van der Waals surface area contributed by atoms with Crippen LogP contribution in [0.5, 0.6) is 0 Å². The van der Waals surface area contributed by atoms with Gasteiger partial charge in [-0.25, -0.2) is 18.2 Å². The maximum absolute atomic E-state index is 13.0. The number of sulfonamides is 1. The molecule has 198 valence electrons. The highest BCUT2D eigenvalue weighted by Gasteiger charge is 2.30. The number of nitrogens with zero attached hydrogens (tertiary/aromatic N) is 5. The molecule has 1 N–H and O–H groups in total. The van der Waals surface area contributed by atoms with Crippen molar-refractivity contribution < 1.29 is 18.0 Å². The molecule has 4 rings (SSSR count). The van der Waals surface area contributed by atoms with Crippen LogP contribution in [0.3, 0.4) is 0 Å². The molecule has 0 unspecified atom stereocenters. The number of hydrogen-bond acceptors (Lipinski definition) is 6. The van der Waals surface area contributed by atoms with Crippen molar-refractivity contribution in [3.05, 3.63) is 52.4 Å². The lowest BCUT2D eigenvalue weighted by Gasteiger charge is -2.34. The zero-order valence-electron chi connectivity index (χ0n) is 21.5. The first-order chi connectivity index (χ1) is 17.5. The number of hydrogen-bond donors (Lipinski definition) is 1. The second kappa shape index (κ2) is 10.5. The molecule has 2 aromatic heterocycles. The van der Waals surface area contributed by atoms with Gasteiger partial charge in [-0.2, -0.15) is 4.31 Å². The number of imidazole rings is 1. The Labute approximate surface area is 215 Å². The highest BCUT2D eigenvalue weighted by Crippen LogP contribution is 2.21. The molecule has 0 saturated carbocycles. The summed E-state index contributed by atoms with van der Waals surface area (Å²) in [5, 5.41) is 2.67. The minimum absolute atomic E-state index is 0.00130. The van der Waals surface area contributed by atoms with Crippen molar-refractivity contribution in [3.63, 3.8) is 0 Å². The van der Waals surface area contributed by atoms with Crippen LogP contribution in [0, 0.1) is 0 Å². The van der Waals surface area contributed by atoms with E-state index in [1.807, 2.05) is 26.0 Å². The molecule has 0 atom stereocenters. The lowest BCUT2D eigenvalue weighted by atomic mass is 10.0. The summed E-state index contributed by atoms with van der Waals surface area (Å²) in [4.78, 5) is 43.3. The van der Waals surface area contributed by atoms with Crippen molar-refractivity contribution in [2.24, 2.45) is 14.1 Å². The molecule has 0 bridgehead atoms. The van der Waals surface area contributed by atoms with Crippen LogP contribution in [-0.2, 0) is 33.7 Å². The molecule has 0 aliphatic carbocycles. The third-order valence-corrected chi connectivity index (χ3v) is 8.63. The number of carbonyl (C=O) groups is 2. The standard InChI is InChI=1S/C25H32N6O5S/c1-17(2)18-5-7-19(8-6-18)37(35,36)31-15-13-30(14-16-31)23(33)12-11-22(32)26-21-10-9-20-24(27-21)29(4)25(34)28(20)3/h5-10,17H,11-16H2,1-4H3,(H,26,27,32). The molecule has 11 nitrogen and oxygen atoms in total. The smallest absolute Gasteiger partial charge is 0.329 e. The van der Waals surface area contributed by atoms with Crippen LogP contribution >= 0.6 is 0 Å². The predicted molar refractivity (Wildman–Crippen MR) is 140 cm³/mol. The Kier molecular flexibility index (Phi) is 7.51. The number of aromatic nitrogens is 3. The average Bonchev–Trinajstić information content (AvgIpc) is 3.10. The van der Waals surface area contributed by atoms with Gasteiger partial charge in [0.2, 0.25) is 21.8 Å². The summed E-state index contributed by atoms with van der Waals surface area (Å²) in [6.45, 7) is 5.04. The topological polar surface area (TPSA) is 127 Å². The van der Waals surface area contributed by atoms with Crippen molar-refractivity contribution in [2.75, 3.05) is 31.5 Å². The Morgan fingerprint density at radius 2 is 1.59 bits per heavy atom. The number of fused-ring (bicyclic) bond motifs is 1. The fraction of sp³-hybridized carbons (Fsp3) is 0.440. The molecule has 1 aliphatic rings. The Balaban J connectivity index is 1.28. The molecule has 2 amide bonds. The molecule has 3 heterocycles. The summed E-state index contributed by atoms with van der Waals surface area (Å²) in [7, 11) is -0.378. The highest BCUT2D eigenvalue weighted by atomic mass is 32.2. The molecular weight excluding hydrogens is 496 g/mol. The molecule has 37 heavy (non-hydrogen) atoms. The van der Waals surface area contributed by atoms with E-state index in [1.54, 1.807) is 43.3 Å². The second-order valence-electron chi connectivity index (χ2n) is 9.50. The lowest BCUT2D eigenvalue weighted by molar-refractivity contribution is -0.133. The van der Waals surface area contributed by atoms with Gasteiger partial charge in [0.1, 0.15) is 5.82 Å². The van der Waals surface area contributed by atoms with E-state index in [0.717, 1.165) is 5.56 Å². The van der Waals surface area contributed by atoms with Crippen LogP contribution in [0.4, 0.5) is 5.82 Å². The minimum Gasteiger partial charge on any atom is -0.340 e. The van der Waals surface area contributed by atoms with Gasteiger partial charge in [0.25, 0.3) is 0 Å². The van der Waals surface area contributed by atoms with E-state index in [2.05, 4.69) is 10.3 Å². The quantitative estimate of drug-likeness (QED) is 0.497. The normalized spacial score (nSPS) is 14.9. The van der Waals surface area contributed by atoms with E-state index in [9.17, 15) is 22.8 Å². The fourth-order valence-electron chi connectivity index (χ4n) is 4.37. The molecule has 0 radical (unpaired) electrons. The summed E-state index contributed by atoms with van der Waals surface area (Å²) >= 11 is 0. The first-order valence-corrected chi connectivity index (χ1v) is 13.6. The average molecular weight is 529 g/mol. The van der Waals surface area contributed by atoms with E-state index >= 15 is 0 Å². The van der Waals surface area contributed by atoms with Gasteiger partial charge in [0, 0.05) is 53.1 Å². The molecular formula is C25H32N6O5S. The minimum atomic E-state index is -3.63. The van der Waals surface area contributed by atoms with Crippen LogP contribution < -0.4 is 11.0 Å². The molecule has 1 aromatic carbocycles. The van der Waals surface area contributed by atoms with Crippen LogP contribution in [0.2, 0.25) is 0 Å². The Morgan fingerprint density at radius 1 is 0.946 bits per heavy atom. The van der Waals surface area contributed by atoms with Gasteiger partial charge in [0.05, 0.1) is 10.4 Å². The van der Waals surface area contributed by atoms with Crippen LogP contribution in [0.25, 0.3) is 11.2 Å². The van der Waals surface area contributed by atoms with E-state index in [1.165, 1.54) is 13.4 Å². The zero-order chi connectivity index (χ0) is 26.9. The number of anilines is 1. The number of pyridine rings is 1. The van der Waals surface area contributed by atoms with Gasteiger partial charge in [-0.05, 0) is 35.7 Å². The van der Waals surface area contributed by atoms with E-state index in [0.29, 0.717) is 22.9 Å². The van der Waals surface area contributed by atoms with Gasteiger partial charge < -0.3 is 10.2 Å². The Morgan fingerprint density at radius 3 is 2.22 bits per heavy atom. The number of aryl methyl sites for hydroxylation is 2. The number of rotatable bonds is 7. The summed E-state index contributed by atoms with van der Waals surface area (Å²) in [6, 6.07) is 10.2. The summed E-state index contributed by atoms with van der Waals surface area (Å²) in [5.74, 6) is 0.0355. The van der Waals surface area contributed by atoms with Crippen molar-refractivity contribution in [1.29, 1.82) is 0 Å². The molecule has 12 heteroatoms. The maximum Gasteiger partial charge on any atom is 0.329 e. The lowest BCUT2D eigenvalue weighted by Crippen LogP contribution is -2.50.